The third-order valence-electron chi connectivity index (χ3n) is 1.45. The molecule has 0 atom stereocenters. The fourth-order valence-corrected chi connectivity index (χ4v) is 0.895. The van der Waals surface area contributed by atoms with E-state index in [1.807, 2.05) is 0 Å². The zero-order valence-corrected chi connectivity index (χ0v) is 8.08. The Labute approximate surface area is 87.9 Å². The van der Waals surface area contributed by atoms with E-state index in [0.717, 1.165) is 0 Å². The summed E-state index contributed by atoms with van der Waals surface area (Å²) >= 11 is 0. The molecule has 0 radical (unpaired) electrons. The van der Waals surface area contributed by atoms with E-state index in [-0.39, 0.29) is 5.82 Å². The first kappa shape index (κ1) is 12.2. The van der Waals surface area contributed by atoms with Gasteiger partial charge in [0.05, 0.1) is 0 Å². The first-order chi connectivity index (χ1) is 7.29. The van der Waals surface area contributed by atoms with Crippen LogP contribution in [0, 0.1) is 6.92 Å². The number of carbonyl (C=O) groups is 1. The molecule has 0 fully saturated rings. The molecule has 0 aliphatic carbocycles. The lowest BCUT2D eigenvalue weighted by atomic mass is 10.4. The highest BCUT2D eigenvalue weighted by atomic mass is 19.4. The van der Waals surface area contributed by atoms with Crippen LogP contribution in [0.5, 0.6) is 5.88 Å². The summed E-state index contributed by atoms with van der Waals surface area (Å²) in [4.78, 5) is 16.8. The number of aromatic nitrogens is 2. The SMILES string of the molecule is Cc1nc(OCC(=O)O)cc(C(F)(F)F)n1. The van der Waals surface area contributed by atoms with Gasteiger partial charge < -0.3 is 9.84 Å². The molecule has 1 heterocycles. The van der Waals surface area contributed by atoms with E-state index in [1.54, 1.807) is 0 Å². The van der Waals surface area contributed by atoms with Gasteiger partial charge in [-0.1, -0.05) is 0 Å². The molecule has 1 aromatic heterocycles. The Morgan fingerprint density at radius 3 is 2.62 bits per heavy atom. The van der Waals surface area contributed by atoms with Crippen LogP contribution < -0.4 is 4.74 Å². The van der Waals surface area contributed by atoms with Crippen LogP contribution in [0.2, 0.25) is 0 Å². The van der Waals surface area contributed by atoms with Crippen molar-refractivity contribution in [2.24, 2.45) is 0 Å². The van der Waals surface area contributed by atoms with Gasteiger partial charge >= 0.3 is 12.1 Å². The van der Waals surface area contributed by atoms with Gasteiger partial charge in [0.2, 0.25) is 5.88 Å². The van der Waals surface area contributed by atoms with Gasteiger partial charge in [0.15, 0.2) is 12.3 Å². The normalized spacial score (nSPS) is 11.2. The lowest BCUT2D eigenvalue weighted by Gasteiger charge is -2.08. The Kier molecular flexibility index (Phi) is 3.31. The summed E-state index contributed by atoms with van der Waals surface area (Å²) in [6, 6.07) is 0.552. The molecule has 88 valence electrons. The van der Waals surface area contributed by atoms with E-state index < -0.39 is 30.3 Å². The molecular weight excluding hydrogens is 229 g/mol. The maximum atomic E-state index is 12.3. The maximum Gasteiger partial charge on any atom is 0.433 e. The number of aliphatic carboxylic acids is 1. The number of carboxylic acids is 1. The number of ether oxygens (including phenoxy) is 1. The number of nitrogens with zero attached hydrogens (tertiary/aromatic N) is 2. The molecule has 0 unspecified atom stereocenters. The molecule has 0 aliphatic rings. The van der Waals surface area contributed by atoms with Crippen molar-refractivity contribution in [1.82, 2.24) is 9.97 Å². The molecular formula is C8H7F3N2O3. The van der Waals surface area contributed by atoms with Crippen LogP contribution >= 0.6 is 0 Å². The second-order valence-electron chi connectivity index (χ2n) is 2.82. The zero-order chi connectivity index (χ0) is 12.3. The van der Waals surface area contributed by atoms with Gasteiger partial charge in [-0.3, -0.25) is 0 Å². The summed E-state index contributed by atoms with van der Waals surface area (Å²) in [5.41, 5.74) is -1.17. The number of aryl methyl sites for hydroxylation is 1. The molecule has 0 aliphatic heterocycles. The molecule has 0 saturated heterocycles. The van der Waals surface area contributed by atoms with Crippen LogP contribution in [0.4, 0.5) is 13.2 Å². The average Bonchev–Trinajstić information content (AvgIpc) is 2.12. The van der Waals surface area contributed by atoms with Crippen molar-refractivity contribution < 1.29 is 27.8 Å². The Bertz CT molecular complexity index is 406. The molecule has 1 rings (SSSR count). The van der Waals surface area contributed by atoms with Crippen LogP contribution in [0.25, 0.3) is 0 Å². The largest absolute Gasteiger partial charge is 0.479 e. The quantitative estimate of drug-likeness (QED) is 0.855. The van der Waals surface area contributed by atoms with E-state index in [9.17, 15) is 18.0 Å². The van der Waals surface area contributed by atoms with E-state index in [0.29, 0.717) is 6.07 Å². The first-order valence-electron chi connectivity index (χ1n) is 4.06. The number of alkyl halides is 3. The lowest BCUT2D eigenvalue weighted by Crippen LogP contribution is -2.14. The Balaban J connectivity index is 2.94. The summed E-state index contributed by atoms with van der Waals surface area (Å²) in [5.74, 6) is -1.86. The van der Waals surface area contributed by atoms with Crippen molar-refractivity contribution in [2.75, 3.05) is 6.61 Å². The van der Waals surface area contributed by atoms with E-state index >= 15 is 0 Å². The molecule has 8 heteroatoms. The minimum absolute atomic E-state index is 0.143. The predicted octanol–water partition coefficient (Wildman–Crippen LogP) is 1.27. The third kappa shape index (κ3) is 3.37. The minimum Gasteiger partial charge on any atom is -0.479 e. The second kappa shape index (κ2) is 4.33. The molecule has 0 aromatic carbocycles. The van der Waals surface area contributed by atoms with Crippen molar-refractivity contribution in [2.45, 2.75) is 13.1 Å². The molecule has 0 bridgehead atoms. The maximum absolute atomic E-state index is 12.3. The van der Waals surface area contributed by atoms with Crippen molar-refractivity contribution in [1.29, 1.82) is 0 Å². The lowest BCUT2D eigenvalue weighted by molar-refractivity contribution is -0.141. The van der Waals surface area contributed by atoms with Crippen molar-refractivity contribution >= 4 is 5.97 Å². The highest BCUT2D eigenvalue weighted by Crippen LogP contribution is 2.29. The number of hydrogen-bond acceptors (Lipinski definition) is 4. The van der Waals surface area contributed by atoms with Crippen LogP contribution in [0.1, 0.15) is 11.5 Å². The van der Waals surface area contributed by atoms with Gasteiger partial charge in [0.25, 0.3) is 0 Å². The second-order valence-corrected chi connectivity index (χ2v) is 2.82. The summed E-state index contributed by atoms with van der Waals surface area (Å²) < 4.78 is 41.4. The molecule has 0 spiro atoms. The van der Waals surface area contributed by atoms with Crippen molar-refractivity contribution in [3.63, 3.8) is 0 Å². The number of halogens is 3. The molecule has 0 saturated carbocycles. The number of rotatable bonds is 3. The van der Waals surface area contributed by atoms with Gasteiger partial charge in [-0.25, -0.2) is 9.78 Å². The number of hydrogen-bond donors (Lipinski definition) is 1. The zero-order valence-electron chi connectivity index (χ0n) is 8.08. The van der Waals surface area contributed by atoms with E-state index in [2.05, 4.69) is 14.7 Å². The van der Waals surface area contributed by atoms with E-state index in [4.69, 9.17) is 5.11 Å². The van der Waals surface area contributed by atoms with Crippen LogP contribution in [0.3, 0.4) is 0 Å². The van der Waals surface area contributed by atoms with Gasteiger partial charge in [-0.15, -0.1) is 0 Å². The van der Waals surface area contributed by atoms with Crippen molar-refractivity contribution in [3.05, 3.63) is 17.6 Å². The van der Waals surface area contributed by atoms with Crippen LogP contribution in [0.15, 0.2) is 6.07 Å². The molecule has 16 heavy (non-hydrogen) atoms. The smallest absolute Gasteiger partial charge is 0.433 e. The Hall–Kier alpha value is -1.86. The fraction of sp³-hybridized carbons (Fsp3) is 0.375. The summed E-state index contributed by atoms with van der Waals surface area (Å²) in [6.07, 6.45) is -4.62. The Morgan fingerprint density at radius 1 is 1.50 bits per heavy atom. The third-order valence-corrected chi connectivity index (χ3v) is 1.45. The highest BCUT2D eigenvalue weighted by Gasteiger charge is 2.33. The summed E-state index contributed by atoms with van der Waals surface area (Å²) in [6.45, 7) is 0.497. The van der Waals surface area contributed by atoms with Gasteiger partial charge in [0.1, 0.15) is 5.82 Å². The molecule has 1 aromatic rings. The van der Waals surface area contributed by atoms with Gasteiger partial charge in [-0.05, 0) is 6.92 Å². The molecule has 1 N–H and O–H groups in total. The molecule has 5 nitrogen and oxygen atoms in total. The summed E-state index contributed by atoms with van der Waals surface area (Å²) in [7, 11) is 0. The summed E-state index contributed by atoms with van der Waals surface area (Å²) in [5, 5.41) is 8.28. The van der Waals surface area contributed by atoms with Crippen LogP contribution in [-0.4, -0.2) is 27.7 Å². The van der Waals surface area contributed by atoms with Gasteiger partial charge in [0, 0.05) is 6.07 Å². The standard InChI is InChI=1S/C8H7F3N2O3/c1-4-12-5(8(9,10)11)2-6(13-4)16-3-7(14)15/h2H,3H2,1H3,(H,14,15). The fourth-order valence-electron chi connectivity index (χ4n) is 0.895. The highest BCUT2D eigenvalue weighted by molar-refractivity contribution is 5.68. The minimum atomic E-state index is -4.62. The van der Waals surface area contributed by atoms with Gasteiger partial charge in [-0.2, -0.15) is 18.2 Å². The Morgan fingerprint density at radius 2 is 2.12 bits per heavy atom. The van der Waals surface area contributed by atoms with Crippen molar-refractivity contribution in [3.8, 4) is 5.88 Å². The first-order valence-corrected chi connectivity index (χ1v) is 4.06. The topological polar surface area (TPSA) is 72.3 Å². The van der Waals surface area contributed by atoms with E-state index in [1.165, 1.54) is 6.92 Å². The molecule has 0 amide bonds. The predicted molar refractivity (Wildman–Crippen MR) is 44.9 cm³/mol. The monoisotopic (exact) mass is 236 g/mol. The number of carboxylic acid groups (broad SMARTS) is 1. The average molecular weight is 236 g/mol. The van der Waals surface area contributed by atoms with Crippen LogP contribution in [-0.2, 0) is 11.0 Å².